The minimum absolute atomic E-state index is 0.0163. The van der Waals surface area contributed by atoms with Crippen LogP contribution in [0, 0.1) is 11.8 Å². The molecular formula is C16H25N3O4. The van der Waals surface area contributed by atoms with E-state index in [9.17, 15) is 19.2 Å². The Balaban J connectivity index is 1.77. The molecule has 0 radical (unpaired) electrons. The van der Waals surface area contributed by atoms with Gasteiger partial charge in [-0.3, -0.25) is 24.1 Å². The van der Waals surface area contributed by atoms with Gasteiger partial charge in [0.05, 0.1) is 18.4 Å². The number of nitrogens with one attached hydrogen (secondary N) is 2. The van der Waals surface area contributed by atoms with E-state index in [1.165, 1.54) is 4.90 Å². The highest BCUT2D eigenvalue weighted by molar-refractivity contribution is 6.05. The van der Waals surface area contributed by atoms with Crippen LogP contribution in [0.25, 0.3) is 0 Å². The lowest BCUT2D eigenvalue weighted by Crippen LogP contribution is -2.41. The Morgan fingerprint density at radius 1 is 1.09 bits per heavy atom. The number of amides is 4. The first-order valence-electron chi connectivity index (χ1n) is 8.31. The first kappa shape index (κ1) is 17.4. The minimum Gasteiger partial charge on any atom is -0.352 e. The fourth-order valence-electron chi connectivity index (χ4n) is 3.30. The second kappa shape index (κ2) is 7.57. The number of likely N-dealkylation sites (tertiary alicyclic amines) is 1. The summed E-state index contributed by atoms with van der Waals surface area (Å²) in [6.07, 6.45) is 3.55. The maximum Gasteiger partial charge on any atom is 0.239 e. The van der Waals surface area contributed by atoms with Gasteiger partial charge in [0.25, 0.3) is 0 Å². The van der Waals surface area contributed by atoms with E-state index < -0.39 is 0 Å². The molecule has 1 saturated carbocycles. The van der Waals surface area contributed by atoms with Crippen LogP contribution in [0.15, 0.2) is 0 Å². The molecule has 2 aliphatic rings. The Kier molecular flexibility index (Phi) is 5.74. The molecule has 2 fully saturated rings. The quantitative estimate of drug-likeness (QED) is 0.682. The van der Waals surface area contributed by atoms with Crippen LogP contribution < -0.4 is 10.6 Å². The maximum atomic E-state index is 12.3. The average molecular weight is 323 g/mol. The molecule has 7 heteroatoms. The SMILES string of the molecule is CC(C)NC(=O)CNC(=O)CCN1C(=O)[C@H]2CCCC[C@H]2C1=O. The summed E-state index contributed by atoms with van der Waals surface area (Å²) in [6, 6.07) is 0.0163. The second-order valence-electron chi connectivity index (χ2n) is 6.57. The molecule has 0 unspecified atom stereocenters. The number of nitrogens with zero attached hydrogens (tertiary/aromatic N) is 1. The normalized spacial score (nSPS) is 23.9. The lowest BCUT2D eigenvalue weighted by Gasteiger charge is -2.19. The summed E-state index contributed by atoms with van der Waals surface area (Å²) in [6.45, 7) is 3.68. The molecule has 23 heavy (non-hydrogen) atoms. The van der Waals surface area contributed by atoms with Gasteiger partial charge in [0.2, 0.25) is 23.6 Å². The summed E-state index contributed by atoms with van der Waals surface area (Å²) in [5.74, 6) is -1.23. The molecule has 2 N–H and O–H groups in total. The van der Waals surface area contributed by atoms with E-state index in [2.05, 4.69) is 10.6 Å². The van der Waals surface area contributed by atoms with Crippen LogP contribution in [-0.4, -0.2) is 47.7 Å². The third-order valence-electron chi connectivity index (χ3n) is 4.39. The lowest BCUT2D eigenvalue weighted by molar-refractivity contribution is -0.140. The molecule has 0 aromatic carbocycles. The van der Waals surface area contributed by atoms with Gasteiger partial charge in [-0.15, -0.1) is 0 Å². The Labute approximate surface area is 136 Å². The van der Waals surface area contributed by atoms with Crippen molar-refractivity contribution in [1.82, 2.24) is 15.5 Å². The van der Waals surface area contributed by atoms with Crippen molar-refractivity contribution in [3.63, 3.8) is 0 Å². The van der Waals surface area contributed by atoms with Crippen LogP contribution >= 0.6 is 0 Å². The van der Waals surface area contributed by atoms with Gasteiger partial charge in [-0.2, -0.15) is 0 Å². The fourth-order valence-corrected chi connectivity index (χ4v) is 3.30. The van der Waals surface area contributed by atoms with Gasteiger partial charge in [-0.05, 0) is 26.7 Å². The summed E-state index contributed by atoms with van der Waals surface area (Å²) in [5.41, 5.74) is 0. The van der Waals surface area contributed by atoms with E-state index in [-0.39, 0.29) is 61.0 Å². The fraction of sp³-hybridized carbons (Fsp3) is 0.750. The molecular weight excluding hydrogens is 298 g/mol. The summed E-state index contributed by atoms with van der Waals surface area (Å²) in [5, 5.41) is 5.17. The van der Waals surface area contributed by atoms with Crippen LogP contribution in [-0.2, 0) is 19.2 Å². The van der Waals surface area contributed by atoms with E-state index in [0.717, 1.165) is 25.7 Å². The van der Waals surface area contributed by atoms with Crippen molar-refractivity contribution in [3.05, 3.63) is 0 Å². The highest BCUT2D eigenvalue weighted by atomic mass is 16.2. The van der Waals surface area contributed by atoms with Crippen molar-refractivity contribution < 1.29 is 19.2 Å². The van der Waals surface area contributed by atoms with E-state index in [1.54, 1.807) is 0 Å². The van der Waals surface area contributed by atoms with Crippen molar-refractivity contribution in [2.24, 2.45) is 11.8 Å². The van der Waals surface area contributed by atoms with Crippen LogP contribution in [0.3, 0.4) is 0 Å². The Hall–Kier alpha value is -1.92. The molecule has 128 valence electrons. The van der Waals surface area contributed by atoms with Crippen molar-refractivity contribution in [1.29, 1.82) is 0 Å². The Morgan fingerprint density at radius 3 is 2.17 bits per heavy atom. The van der Waals surface area contributed by atoms with Gasteiger partial charge in [0.1, 0.15) is 0 Å². The van der Waals surface area contributed by atoms with E-state index in [1.807, 2.05) is 13.8 Å². The van der Waals surface area contributed by atoms with Gasteiger partial charge in [-0.1, -0.05) is 12.8 Å². The molecule has 0 bridgehead atoms. The molecule has 7 nitrogen and oxygen atoms in total. The first-order valence-corrected chi connectivity index (χ1v) is 8.31. The molecule has 1 aliphatic heterocycles. The van der Waals surface area contributed by atoms with Crippen LogP contribution in [0.1, 0.15) is 46.0 Å². The predicted octanol–water partition coefficient (Wildman–Crippen LogP) is 0.192. The van der Waals surface area contributed by atoms with Crippen molar-refractivity contribution >= 4 is 23.6 Å². The molecule has 1 heterocycles. The molecule has 0 aromatic rings. The summed E-state index contributed by atoms with van der Waals surface area (Å²) >= 11 is 0. The number of fused-ring (bicyclic) bond motifs is 1. The van der Waals surface area contributed by atoms with Crippen LogP contribution in [0.2, 0.25) is 0 Å². The molecule has 0 aromatic heterocycles. The number of carbonyl (C=O) groups excluding carboxylic acids is 4. The third kappa shape index (κ3) is 4.30. The first-order chi connectivity index (χ1) is 10.9. The molecule has 2 rings (SSSR count). The molecule has 2 atom stereocenters. The van der Waals surface area contributed by atoms with Gasteiger partial charge in [0, 0.05) is 19.0 Å². The van der Waals surface area contributed by atoms with Gasteiger partial charge >= 0.3 is 0 Å². The standard InChI is InChI=1S/C16H25N3O4/c1-10(2)18-14(21)9-17-13(20)7-8-19-15(22)11-5-3-4-6-12(11)16(19)23/h10-12H,3-9H2,1-2H3,(H,17,20)(H,18,21)/t11-,12+. The summed E-state index contributed by atoms with van der Waals surface area (Å²) in [7, 11) is 0. The second-order valence-corrected chi connectivity index (χ2v) is 6.57. The monoisotopic (exact) mass is 323 g/mol. The van der Waals surface area contributed by atoms with E-state index in [4.69, 9.17) is 0 Å². The van der Waals surface area contributed by atoms with Crippen molar-refractivity contribution in [2.45, 2.75) is 52.0 Å². The zero-order valence-corrected chi connectivity index (χ0v) is 13.8. The topological polar surface area (TPSA) is 95.6 Å². The van der Waals surface area contributed by atoms with Gasteiger partial charge < -0.3 is 10.6 Å². The van der Waals surface area contributed by atoms with E-state index in [0.29, 0.717) is 0 Å². The highest BCUT2D eigenvalue weighted by Gasteiger charge is 2.47. The smallest absolute Gasteiger partial charge is 0.239 e. The van der Waals surface area contributed by atoms with Crippen molar-refractivity contribution in [3.8, 4) is 0 Å². The zero-order valence-electron chi connectivity index (χ0n) is 13.8. The number of hydrogen-bond acceptors (Lipinski definition) is 4. The average Bonchev–Trinajstić information content (AvgIpc) is 2.75. The molecule has 1 saturated heterocycles. The predicted molar refractivity (Wildman–Crippen MR) is 83.1 cm³/mol. The van der Waals surface area contributed by atoms with Crippen LogP contribution in [0.4, 0.5) is 0 Å². The summed E-state index contributed by atoms with van der Waals surface area (Å²) < 4.78 is 0. The molecule has 4 amide bonds. The number of rotatable bonds is 6. The third-order valence-corrected chi connectivity index (χ3v) is 4.39. The Bertz CT molecular complexity index is 480. The summed E-state index contributed by atoms with van der Waals surface area (Å²) in [4.78, 5) is 49.0. The molecule has 1 aliphatic carbocycles. The molecule has 0 spiro atoms. The Morgan fingerprint density at radius 2 is 1.65 bits per heavy atom. The van der Waals surface area contributed by atoms with Gasteiger partial charge in [0.15, 0.2) is 0 Å². The minimum atomic E-state index is -0.334. The maximum absolute atomic E-state index is 12.3. The van der Waals surface area contributed by atoms with Gasteiger partial charge in [-0.25, -0.2) is 0 Å². The highest BCUT2D eigenvalue weighted by Crippen LogP contribution is 2.37. The van der Waals surface area contributed by atoms with Crippen molar-refractivity contribution in [2.75, 3.05) is 13.1 Å². The van der Waals surface area contributed by atoms with E-state index >= 15 is 0 Å². The lowest BCUT2D eigenvalue weighted by atomic mass is 9.81. The number of carbonyl (C=O) groups is 4. The number of hydrogen-bond donors (Lipinski definition) is 2. The zero-order chi connectivity index (χ0) is 17.0. The van der Waals surface area contributed by atoms with Crippen LogP contribution in [0.5, 0.6) is 0 Å². The number of imide groups is 1. The largest absolute Gasteiger partial charge is 0.352 e.